The summed E-state index contributed by atoms with van der Waals surface area (Å²) in [6.07, 6.45) is 1.86. The molecule has 1 aliphatic heterocycles. The van der Waals surface area contributed by atoms with Crippen molar-refractivity contribution < 1.29 is 14.3 Å². The molecule has 1 aliphatic rings. The molecule has 0 bridgehead atoms. The maximum absolute atomic E-state index is 12.2. The van der Waals surface area contributed by atoms with Crippen molar-refractivity contribution in [2.75, 3.05) is 13.1 Å². The summed E-state index contributed by atoms with van der Waals surface area (Å²) >= 11 is 5.90. The van der Waals surface area contributed by atoms with Crippen LogP contribution in [0.4, 0.5) is 0 Å². The molecule has 1 saturated heterocycles. The summed E-state index contributed by atoms with van der Waals surface area (Å²) in [5.41, 5.74) is -0.471. The number of likely N-dealkylation sites (tertiary alicyclic amines) is 1. The molecular weight excluding hydrogens is 302 g/mol. The topological polar surface area (TPSA) is 53.7 Å². The van der Waals surface area contributed by atoms with Crippen molar-refractivity contribution in [3.8, 4) is 11.8 Å². The fraction of sp³-hybridized carbons (Fsp3) is 0.235. The van der Waals surface area contributed by atoms with E-state index in [9.17, 15) is 9.90 Å². The number of halogens is 1. The quantitative estimate of drug-likeness (QED) is 0.823. The van der Waals surface area contributed by atoms with Gasteiger partial charge in [0, 0.05) is 23.6 Å². The van der Waals surface area contributed by atoms with Gasteiger partial charge in [0.15, 0.2) is 5.76 Å². The molecule has 0 spiro atoms. The largest absolute Gasteiger partial charge is 0.459 e. The molecule has 0 radical (unpaired) electrons. The Hall–Kier alpha value is -2.22. The molecule has 22 heavy (non-hydrogen) atoms. The van der Waals surface area contributed by atoms with Gasteiger partial charge < -0.3 is 14.4 Å². The molecule has 3 rings (SSSR count). The van der Waals surface area contributed by atoms with Crippen LogP contribution in [0, 0.1) is 11.8 Å². The third kappa shape index (κ3) is 3.16. The zero-order valence-corrected chi connectivity index (χ0v) is 12.5. The Morgan fingerprint density at radius 3 is 2.95 bits per heavy atom. The van der Waals surface area contributed by atoms with Gasteiger partial charge in [-0.3, -0.25) is 4.79 Å². The van der Waals surface area contributed by atoms with E-state index >= 15 is 0 Å². The maximum atomic E-state index is 12.2. The van der Waals surface area contributed by atoms with Crippen molar-refractivity contribution in [2.45, 2.75) is 12.0 Å². The Labute approximate surface area is 133 Å². The number of β-amino-alcohol motifs (C(OH)–C–C–N with tert-alkyl or cyclic N) is 1. The van der Waals surface area contributed by atoms with Gasteiger partial charge in [-0.1, -0.05) is 29.5 Å². The molecule has 4 nitrogen and oxygen atoms in total. The number of hydrogen-bond donors (Lipinski definition) is 1. The first kappa shape index (κ1) is 14.7. The normalized spacial score (nSPS) is 20.5. The zero-order chi connectivity index (χ0) is 15.6. The van der Waals surface area contributed by atoms with Crippen LogP contribution in [0.25, 0.3) is 0 Å². The van der Waals surface area contributed by atoms with E-state index < -0.39 is 5.60 Å². The van der Waals surface area contributed by atoms with Crippen LogP contribution < -0.4 is 0 Å². The van der Waals surface area contributed by atoms with Crippen LogP contribution in [-0.4, -0.2) is 34.6 Å². The Morgan fingerprint density at radius 1 is 1.36 bits per heavy atom. The van der Waals surface area contributed by atoms with Gasteiger partial charge in [-0.15, -0.1) is 0 Å². The van der Waals surface area contributed by atoms with Gasteiger partial charge in [-0.25, -0.2) is 0 Å². The van der Waals surface area contributed by atoms with Crippen molar-refractivity contribution in [1.29, 1.82) is 0 Å². The average Bonchev–Trinajstić information content (AvgIpc) is 3.15. The molecule has 0 aliphatic carbocycles. The molecular formula is C17H14ClNO3. The highest BCUT2D eigenvalue weighted by Gasteiger charge is 2.37. The monoisotopic (exact) mass is 315 g/mol. The maximum Gasteiger partial charge on any atom is 0.289 e. The molecule has 1 N–H and O–H groups in total. The summed E-state index contributed by atoms with van der Waals surface area (Å²) in [6, 6.07) is 10.4. The van der Waals surface area contributed by atoms with Gasteiger partial charge in [0.25, 0.3) is 5.91 Å². The standard InChI is InChI=1S/C17H14ClNO3/c18-14-4-1-3-13(11-14)6-7-17(21)8-9-19(12-17)16(20)15-5-2-10-22-15/h1-5,10-11,21H,8-9,12H2. The summed E-state index contributed by atoms with van der Waals surface area (Å²) in [6.45, 7) is 0.611. The number of nitrogens with zero attached hydrogens (tertiary/aromatic N) is 1. The molecule has 1 fully saturated rings. The van der Waals surface area contributed by atoms with Gasteiger partial charge in [-0.05, 0) is 30.3 Å². The van der Waals surface area contributed by atoms with Crippen molar-refractivity contribution in [3.05, 3.63) is 59.0 Å². The van der Waals surface area contributed by atoms with E-state index in [0.29, 0.717) is 18.0 Å². The number of amides is 1. The molecule has 1 unspecified atom stereocenters. The number of carbonyl (C=O) groups is 1. The molecule has 1 aromatic heterocycles. The van der Waals surface area contributed by atoms with E-state index in [1.807, 2.05) is 6.07 Å². The van der Waals surface area contributed by atoms with E-state index in [4.69, 9.17) is 16.0 Å². The first-order valence-corrected chi connectivity index (χ1v) is 7.27. The molecule has 0 saturated carbocycles. The molecule has 5 heteroatoms. The molecule has 2 heterocycles. The summed E-state index contributed by atoms with van der Waals surface area (Å²) in [5, 5.41) is 11.1. The van der Waals surface area contributed by atoms with Crippen LogP contribution >= 0.6 is 11.6 Å². The van der Waals surface area contributed by atoms with E-state index in [1.165, 1.54) is 6.26 Å². The number of aliphatic hydroxyl groups is 1. The minimum absolute atomic E-state index is 0.167. The van der Waals surface area contributed by atoms with Crippen LogP contribution in [0.5, 0.6) is 0 Å². The van der Waals surface area contributed by atoms with Gasteiger partial charge >= 0.3 is 0 Å². The molecule has 112 valence electrons. The molecule has 2 aromatic rings. The van der Waals surface area contributed by atoms with Gasteiger partial charge in [-0.2, -0.15) is 0 Å². The highest BCUT2D eigenvalue weighted by molar-refractivity contribution is 6.30. The molecule has 1 amide bonds. The Bertz CT molecular complexity index is 745. The first-order valence-electron chi connectivity index (χ1n) is 6.90. The van der Waals surface area contributed by atoms with E-state index in [1.54, 1.807) is 35.2 Å². The lowest BCUT2D eigenvalue weighted by molar-refractivity contribution is 0.0679. The van der Waals surface area contributed by atoms with Crippen molar-refractivity contribution in [3.63, 3.8) is 0 Å². The summed E-state index contributed by atoms with van der Waals surface area (Å²) in [5.74, 6) is 5.81. The third-order valence-corrected chi connectivity index (χ3v) is 3.77. The van der Waals surface area contributed by atoms with Gasteiger partial charge in [0.2, 0.25) is 0 Å². The highest BCUT2D eigenvalue weighted by atomic mass is 35.5. The fourth-order valence-corrected chi connectivity index (χ4v) is 2.57. The predicted molar refractivity (Wildman–Crippen MR) is 82.5 cm³/mol. The number of benzene rings is 1. The molecule has 1 aromatic carbocycles. The lowest BCUT2D eigenvalue weighted by atomic mass is 10.0. The Morgan fingerprint density at radius 2 is 2.23 bits per heavy atom. The second-order valence-corrected chi connectivity index (χ2v) is 5.68. The second-order valence-electron chi connectivity index (χ2n) is 5.25. The van der Waals surface area contributed by atoms with Crippen molar-refractivity contribution >= 4 is 17.5 Å². The summed E-state index contributed by atoms with van der Waals surface area (Å²) in [4.78, 5) is 13.7. The first-order chi connectivity index (χ1) is 10.6. The fourth-order valence-electron chi connectivity index (χ4n) is 2.38. The van der Waals surface area contributed by atoms with E-state index in [2.05, 4.69) is 11.8 Å². The summed E-state index contributed by atoms with van der Waals surface area (Å²) < 4.78 is 5.09. The Balaban J connectivity index is 1.72. The van der Waals surface area contributed by atoms with Crippen LogP contribution in [0.1, 0.15) is 22.5 Å². The van der Waals surface area contributed by atoms with Crippen LogP contribution in [0.15, 0.2) is 47.1 Å². The SMILES string of the molecule is O=C(c1ccco1)N1CCC(O)(C#Cc2cccc(Cl)c2)C1. The van der Waals surface area contributed by atoms with Crippen LogP contribution in [0.3, 0.4) is 0 Å². The highest BCUT2D eigenvalue weighted by Crippen LogP contribution is 2.22. The number of furan rings is 1. The number of hydrogen-bond acceptors (Lipinski definition) is 3. The van der Waals surface area contributed by atoms with Crippen LogP contribution in [-0.2, 0) is 0 Å². The van der Waals surface area contributed by atoms with E-state index in [0.717, 1.165) is 5.56 Å². The van der Waals surface area contributed by atoms with Gasteiger partial charge in [0.05, 0.1) is 12.8 Å². The third-order valence-electron chi connectivity index (χ3n) is 3.53. The summed E-state index contributed by atoms with van der Waals surface area (Å²) in [7, 11) is 0. The van der Waals surface area contributed by atoms with Crippen molar-refractivity contribution in [2.24, 2.45) is 0 Å². The van der Waals surface area contributed by atoms with E-state index in [-0.39, 0.29) is 18.2 Å². The Kier molecular flexibility index (Phi) is 3.93. The second kappa shape index (κ2) is 5.88. The zero-order valence-electron chi connectivity index (χ0n) is 11.8. The smallest absolute Gasteiger partial charge is 0.289 e. The average molecular weight is 316 g/mol. The minimum Gasteiger partial charge on any atom is -0.459 e. The van der Waals surface area contributed by atoms with Crippen molar-refractivity contribution in [1.82, 2.24) is 4.90 Å². The predicted octanol–water partition coefficient (Wildman–Crippen LogP) is 2.56. The van der Waals surface area contributed by atoms with Gasteiger partial charge in [0.1, 0.15) is 5.60 Å². The minimum atomic E-state index is -1.20. The molecule has 1 atom stereocenters. The van der Waals surface area contributed by atoms with Crippen LogP contribution in [0.2, 0.25) is 5.02 Å². The lowest BCUT2D eigenvalue weighted by Crippen LogP contribution is -2.35. The lowest BCUT2D eigenvalue weighted by Gasteiger charge is -2.17. The number of rotatable bonds is 1. The number of carbonyl (C=O) groups excluding carboxylic acids is 1.